The maximum Gasteiger partial charge on any atom is 0.162 e. The number of halogens is 3. The van der Waals surface area contributed by atoms with Crippen LogP contribution in [-0.4, -0.2) is 24.1 Å². The molecule has 20 heavy (non-hydrogen) atoms. The Morgan fingerprint density at radius 2 is 1.85 bits per heavy atom. The van der Waals surface area contributed by atoms with E-state index in [4.69, 9.17) is 4.74 Å². The SMILES string of the molecule is CNc1nc(-c2cc(F)cc(F)c2)nc(COC)c1Br. The molecule has 2 aromatic rings. The van der Waals surface area contributed by atoms with Crippen molar-refractivity contribution in [3.05, 3.63) is 40.0 Å². The van der Waals surface area contributed by atoms with Crippen LogP contribution in [0, 0.1) is 11.6 Å². The highest BCUT2D eigenvalue weighted by molar-refractivity contribution is 9.10. The summed E-state index contributed by atoms with van der Waals surface area (Å²) in [6.07, 6.45) is 0. The molecular weight excluding hydrogens is 332 g/mol. The van der Waals surface area contributed by atoms with Crippen LogP contribution in [0.25, 0.3) is 11.4 Å². The lowest BCUT2D eigenvalue weighted by molar-refractivity contribution is 0.181. The molecule has 1 N–H and O–H groups in total. The van der Waals surface area contributed by atoms with E-state index in [-0.39, 0.29) is 18.0 Å². The maximum absolute atomic E-state index is 13.3. The van der Waals surface area contributed by atoms with Crippen LogP contribution in [0.3, 0.4) is 0 Å². The van der Waals surface area contributed by atoms with Crippen LogP contribution in [0.4, 0.5) is 14.6 Å². The number of rotatable bonds is 4. The molecule has 0 amide bonds. The van der Waals surface area contributed by atoms with Gasteiger partial charge in [0, 0.05) is 25.8 Å². The maximum atomic E-state index is 13.3. The van der Waals surface area contributed by atoms with Gasteiger partial charge in [-0.3, -0.25) is 0 Å². The van der Waals surface area contributed by atoms with E-state index in [1.54, 1.807) is 7.05 Å². The number of nitrogens with zero attached hydrogens (tertiary/aromatic N) is 2. The summed E-state index contributed by atoms with van der Waals surface area (Å²) in [6.45, 7) is 0.253. The highest BCUT2D eigenvalue weighted by atomic mass is 79.9. The van der Waals surface area contributed by atoms with Gasteiger partial charge < -0.3 is 10.1 Å². The van der Waals surface area contributed by atoms with E-state index in [0.717, 1.165) is 6.07 Å². The van der Waals surface area contributed by atoms with Crippen LogP contribution in [0.5, 0.6) is 0 Å². The van der Waals surface area contributed by atoms with Crippen LogP contribution in [0.2, 0.25) is 0 Å². The van der Waals surface area contributed by atoms with E-state index in [0.29, 0.717) is 16.0 Å². The zero-order valence-corrected chi connectivity index (χ0v) is 12.5. The predicted molar refractivity (Wildman–Crippen MR) is 75.3 cm³/mol. The fourth-order valence-corrected chi connectivity index (χ4v) is 2.19. The molecule has 0 unspecified atom stereocenters. The minimum atomic E-state index is -0.675. The quantitative estimate of drug-likeness (QED) is 0.924. The first kappa shape index (κ1) is 14.8. The summed E-state index contributed by atoms with van der Waals surface area (Å²) in [5.74, 6) is -0.605. The number of hydrogen-bond acceptors (Lipinski definition) is 4. The van der Waals surface area contributed by atoms with Crippen molar-refractivity contribution in [2.24, 2.45) is 0 Å². The van der Waals surface area contributed by atoms with Gasteiger partial charge in [-0.25, -0.2) is 18.7 Å². The van der Waals surface area contributed by atoms with E-state index >= 15 is 0 Å². The fraction of sp³-hybridized carbons (Fsp3) is 0.231. The van der Waals surface area contributed by atoms with Crippen molar-refractivity contribution < 1.29 is 13.5 Å². The second kappa shape index (κ2) is 6.23. The van der Waals surface area contributed by atoms with Crippen molar-refractivity contribution in [2.75, 3.05) is 19.5 Å². The van der Waals surface area contributed by atoms with E-state index in [9.17, 15) is 8.78 Å². The Kier molecular flexibility index (Phi) is 4.61. The van der Waals surface area contributed by atoms with E-state index in [1.807, 2.05) is 0 Å². The van der Waals surface area contributed by atoms with Crippen molar-refractivity contribution in [3.63, 3.8) is 0 Å². The van der Waals surface area contributed by atoms with Gasteiger partial charge in [0.05, 0.1) is 16.8 Å². The van der Waals surface area contributed by atoms with E-state index in [1.165, 1.54) is 19.2 Å². The Hall–Kier alpha value is -1.60. The summed E-state index contributed by atoms with van der Waals surface area (Å²) in [5.41, 5.74) is 0.857. The van der Waals surface area contributed by atoms with Crippen molar-refractivity contribution in [1.82, 2.24) is 9.97 Å². The average molecular weight is 344 g/mol. The first-order valence-corrected chi connectivity index (χ1v) is 6.54. The monoisotopic (exact) mass is 343 g/mol. The van der Waals surface area contributed by atoms with Gasteiger partial charge in [-0.1, -0.05) is 0 Å². The molecule has 0 spiro atoms. The summed E-state index contributed by atoms with van der Waals surface area (Å²) >= 11 is 3.36. The van der Waals surface area contributed by atoms with Crippen molar-refractivity contribution >= 4 is 21.7 Å². The molecule has 1 aromatic carbocycles. The lowest BCUT2D eigenvalue weighted by Gasteiger charge is -2.11. The van der Waals surface area contributed by atoms with Gasteiger partial charge in [-0.05, 0) is 28.1 Å². The van der Waals surface area contributed by atoms with Crippen molar-refractivity contribution in [1.29, 1.82) is 0 Å². The number of benzene rings is 1. The molecule has 106 valence electrons. The number of ether oxygens (including phenoxy) is 1. The topological polar surface area (TPSA) is 47.0 Å². The third kappa shape index (κ3) is 3.10. The van der Waals surface area contributed by atoms with Crippen LogP contribution in [-0.2, 0) is 11.3 Å². The fourth-order valence-electron chi connectivity index (χ4n) is 1.70. The molecule has 1 heterocycles. The molecule has 0 atom stereocenters. The Morgan fingerprint density at radius 3 is 2.40 bits per heavy atom. The van der Waals surface area contributed by atoms with Crippen molar-refractivity contribution in [3.8, 4) is 11.4 Å². The van der Waals surface area contributed by atoms with Gasteiger partial charge >= 0.3 is 0 Å². The molecule has 0 saturated carbocycles. The first-order valence-electron chi connectivity index (χ1n) is 5.74. The van der Waals surface area contributed by atoms with E-state index < -0.39 is 11.6 Å². The van der Waals surface area contributed by atoms with Gasteiger partial charge in [-0.2, -0.15) is 0 Å². The Balaban J connectivity index is 2.58. The van der Waals surface area contributed by atoms with Crippen LogP contribution in [0.15, 0.2) is 22.7 Å². The molecule has 4 nitrogen and oxygen atoms in total. The first-order chi connectivity index (χ1) is 9.55. The molecule has 0 radical (unpaired) electrons. The van der Waals surface area contributed by atoms with Gasteiger partial charge in [0.15, 0.2) is 5.82 Å². The highest BCUT2D eigenvalue weighted by Gasteiger charge is 2.14. The summed E-state index contributed by atoms with van der Waals surface area (Å²) < 4.78 is 32.3. The minimum Gasteiger partial charge on any atom is -0.378 e. The standard InChI is InChI=1S/C13H12BrF2N3O/c1-17-13-11(14)10(6-20-2)18-12(19-13)7-3-8(15)5-9(16)4-7/h3-5H,6H2,1-2H3,(H,17,18,19). The molecule has 0 aliphatic rings. The Morgan fingerprint density at radius 1 is 1.20 bits per heavy atom. The third-order valence-corrected chi connectivity index (χ3v) is 3.39. The Labute approximate surface area is 123 Å². The summed E-state index contributed by atoms with van der Waals surface area (Å²) in [5, 5.41) is 2.89. The van der Waals surface area contributed by atoms with E-state index in [2.05, 4.69) is 31.2 Å². The van der Waals surface area contributed by atoms with Crippen LogP contribution < -0.4 is 5.32 Å². The summed E-state index contributed by atoms with van der Waals surface area (Å²) in [6, 6.07) is 3.17. The highest BCUT2D eigenvalue weighted by Crippen LogP contribution is 2.28. The second-order valence-corrected chi connectivity index (χ2v) is 4.79. The number of anilines is 1. The zero-order chi connectivity index (χ0) is 14.7. The summed E-state index contributed by atoms with van der Waals surface area (Å²) in [7, 11) is 3.23. The summed E-state index contributed by atoms with van der Waals surface area (Å²) in [4.78, 5) is 8.49. The van der Waals surface area contributed by atoms with Gasteiger partial charge in [0.1, 0.15) is 17.5 Å². The van der Waals surface area contributed by atoms with Crippen molar-refractivity contribution in [2.45, 2.75) is 6.61 Å². The molecule has 0 aliphatic heterocycles. The molecule has 0 saturated heterocycles. The number of aromatic nitrogens is 2. The molecule has 0 aliphatic carbocycles. The minimum absolute atomic E-state index is 0.225. The smallest absolute Gasteiger partial charge is 0.162 e. The van der Waals surface area contributed by atoms with Crippen LogP contribution >= 0.6 is 15.9 Å². The second-order valence-electron chi connectivity index (χ2n) is 4.00. The number of nitrogens with one attached hydrogen (secondary N) is 1. The molecule has 2 rings (SSSR count). The van der Waals surface area contributed by atoms with Gasteiger partial charge in [0.2, 0.25) is 0 Å². The van der Waals surface area contributed by atoms with Gasteiger partial charge in [-0.15, -0.1) is 0 Å². The number of methoxy groups -OCH3 is 1. The lowest BCUT2D eigenvalue weighted by Crippen LogP contribution is -2.04. The third-order valence-electron chi connectivity index (χ3n) is 2.56. The predicted octanol–water partition coefficient (Wildman–Crippen LogP) is 3.37. The molecule has 0 fully saturated rings. The van der Waals surface area contributed by atoms with Gasteiger partial charge in [0.25, 0.3) is 0 Å². The molecule has 0 bridgehead atoms. The zero-order valence-electron chi connectivity index (χ0n) is 10.9. The number of hydrogen-bond donors (Lipinski definition) is 1. The molecule has 1 aromatic heterocycles. The molecule has 7 heteroatoms. The Bertz CT molecular complexity index is 617. The normalized spacial score (nSPS) is 10.7. The van der Waals surface area contributed by atoms with Crippen LogP contribution in [0.1, 0.15) is 5.69 Å². The lowest BCUT2D eigenvalue weighted by atomic mass is 10.2. The molecular formula is C13H12BrF2N3O. The average Bonchev–Trinajstić information content (AvgIpc) is 2.40. The largest absolute Gasteiger partial charge is 0.378 e.